The van der Waals surface area contributed by atoms with Crippen molar-refractivity contribution < 1.29 is 9.59 Å². The van der Waals surface area contributed by atoms with Crippen LogP contribution in [0.4, 0.5) is 5.69 Å². The number of likely N-dealkylation sites (N-methyl/N-ethyl adjacent to an activating group) is 1. The van der Waals surface area contributed by atoms with Gasteiger partial charge in [0.25, 0.3) is 11.8 Å². The molecule has 1 aromatic heterocycles. The molecule has 0 aliphatic rings. The van der Waals surface area contributed by atoms with Gasteiger partial charge in [0.2, 0.25) is 0 Å². The van der Waals surface area contributed by atoms with E-state index in [2.05, 4.69) is 34.4 Å². The molecule has 0 aliphatic heterocycles. The zero-order chi connectivity index (χ0) is 18.1. The largest absolute Gasteiger partial charge is 0.351 e. The third-order valence-corrected chi connectivity index (χ3v) is 3.96. The molecule has 0 radical (unpaired) electrons. The van der Waals surface area contributed by atoms with E-state index in [-0.39, 0.29) is 11.8 Å². The molecule has 2 amide bonds. The van der Waals surface area contributed by atoms with E-state index < -0.39 is 0 Å². The van der Waals surface area contributed by atoms with Crippen LogP contribution in [0.1, 0.15) is 34.6 Å². The number of hydrogen-bond acceptors (Lipinski definition) is 4. The van der Waals surface area contributed by atoms with Gasteiger partial charge in [-0.05, 0) is 49.5 Å². The third-order valence-electron chi connectivity index (χ3n) is 3.96. The number of carbonyl (C=O) groups is 2. The second-order valence-corrected chi connectivity index (χ2v) is 5.55. The van der Waals surface area contributed by atoms with Gasteiger partial charge in [-0.15, -0.1) is 0 Å². The minimum Gasteiger partial charge on any atom is -0.351 e. The number of carbonyl (C=O) groups excluding carboxylic acids is 2. The lowest BCUT2D eigenvalue weighted by molar-refractivity contribution is 0.0948. The Morgan fingerprint density at radius 1 is 0.920 bits per heavy atom. The minimum atomic E-state index is -0.209. The van der Waals surface area contributed by atoms with Crippen LogP contribution in [0.2, 0.25) is 0 Å². The van der Waals surface area contributed by atoms with Crippen LogP contribution in [0.3, 0.4) is 0 Å². The van der Waals surface area contributed by atoms with Crippen LogP contribution in [0.15, 0.2) is 48.8 Å². The fraction of sp³-hybridized carbons (Fsp3) is 0.316. The van der Waals surface area contributed by atoms with E-state index in [9.17, 15) is 9.59 Å². The van der Waals surface area contributed by atoms with Gasteiger partial charge in [0.05, 0.1) is 0 Å². The van der Waals surface area contributed by atoms with Crippen molar-refractivity contribution in [3.63, 3.8) is 0 Å². The highest BCUT2D eigenvalue weighted by Crippen LogP contribution is 2.11. The van der Waals surface area contributed by atoms with Crippen LogP contribution in [0, 0.1) is 0 Å². The quantitative estimate of drug-likeness (QED) is 0.774. The first-order chi connectivity index (χ1) is 12.1. The molecule has 2 N–H and O–H groups in total. The Bertz CT molecular complexity index is 682. The highest BCUT2D eigenvalue weighted by atomic mass is 16.2. The number of nitrogens with zero attached hydrogens (tertiary/aromatic N) is 2. The van der Waals surface area contributed by atoms with E-state index in [1.165, 1.54) is 0 Å². The topological polar surface area (TPSA) is 74.3 Å². The molecule has 25 heavy (non-hydrogen) atoms. The van der Waals surface area contributed by atoms with Crippen molar-refractivity contribution in [1.82, 2.24) is 15.2 Å². The lowest BCUT2D eigenvalue weighted by Gasteiger charge is -2.18. The van der Waals surface area contributed by atoms with Gasteiger partial charge in [-0.2, -0.15) is 0 Å². The summed E-state index contributed by atoms with van der Waals surface area (Å²) in [5.74, 6) is -0.321. The molecule has 132 valence electrons. The molecule has 0 saturated heterocycles. The molecule has 6 nitrogen and oxygen atoms in total. The van der Waals surface area contributed by atoms with Gasteiger partial charge in [0, 0.05) is 42.3 Å². The van der Waals surface area contributed by atoms with Crippen molar-refractivity contribution in [3.8, 4) is 0 Å². The van der Waals surface area contributed by atoms with Gasteiger partial charge < -0.3 is 15.5 Å². The first-order valence-corrected chi connectivity index (χ1v) is 8.46. The van der Waals surface area contributed by atoms with Crippen molar-refractivity contribution >= 4 is 17.5 Å². The molecule has 0 aliphatic carbocycles. The number of amides is 2. The lowest BCUT2D eigenvalue weighted by Crippen LogP contribution is -2.34. The second-order valence-electron chi connectivity index (χ2n) is 5.55. The maximum atomic E-state index is 12.1. The summed E-state index contributed by atoms with van der Waals surface area (Å²) in [6, 6.07) is 10.1. The maximum Gasteiger partial charge on any atom is 0.255 e. The fourth-order valence-corrected chi connectivity index (χ4v) is 2.38. The summed E-state index contributed by atoms with van der Waals surface area (Å²) in [5.41, 5.74) is 1.75. The second kappa shape index (κ2) is 9.54. The molecule has 0 unspecified atom stereocenters. The molecular weight excluding hydrogens is 316 g/mol. The van der Waals surface area contributed by atoms with Gasteiger partial charge in [-0.25, -0.2) is 0 Å². The van der Waals surface area contributed by atoms with Crippen LogP contribution in [-0.2, 0) is 0 Å². The standard InChI is InChI=1S/C19H24N4O2/c1-3-23(4-2)14-13-21-18(24)15-5-7-17(8-6-15)22-19(25)16-9-11-20-12-10-16/h5-12H,3-4,13-14H2,1-2H3,(H,21,24)(H,22,25). The molecule has 0 spiro atoms. The number of pyridine rings is 1. The number of rotatable bonds is 8. The Morgan fingerprint density at radius 2 is 1.52 bits per heavy atom. The van der Waals surface area contributed by atoms with Crippen LogP contribution < -0.4 is 10.6 Å². The monoisotopic (exact) mass is 340 g/mol. The molecule has 2 rings (SSSR count). The predicted molar refractivity (Wildman–Crippen MR) is 98.8 cm³/mol. The lowest BCUT2D eigenvalue weighted by atomic mass is 10.2. The van der Waals surface area contributed by atoms with Crippen LogP contribution in [0.5, 0.6) is 0 Å². The number of anilines is 1. The SMILES string of the molecule is CCN(CC)CCNC(=O)c1ccc(NC(=O)c2ccncc2)cc1. The summed E-state index contributed by atoms with van der Waals surface area (Å²) in [6.07, 6.45) is 3.14. The molecule has 0 bridgehead atoms. The number of aromatic nitrogens is 1. The normalized spacial score (nSPS) is 10.5. The summed E-state index contributed by atoms with van der Waals surface area (Å²) in [4.78, 5) is 30.3. The summed E-state index contributed by atoms with van der Waals surface area (Å²) in [6.45, 7) is 7.59. The van der Waals surface area contributed by atoms with Gasteiger partial charge in [-0.3, -0.25) is 14.6 Å². The number of nitrogens with one attached hydrogen (secondary N) is 2. The Balaban J connectivity index is 1.86. The van der Waals surface area contributed by atoms with E-state index in [4.69, 9.17) is 0 Å². The Morgan fingerprint density at radius 3 is 2.12 bits per heavy atom. The average Bonchev–Trinajstić information content (AvgIpc) is 2.66. The number of hydrogen-bond donors (Lipinski definition) is 2. The zero-order valence-electron chi connectivity index (χ0n) is 14.7. The van der Waals surface area contributed by atoms with Crippen molar-refractivity contribution in [3.05, 3.63) is 59.9 Å². The smallest absolute Gasteiger partial charge is 0.255 e. The predicted octanol–water partition coefficient (Wildman–Crippen LogP) is 2.41. The molecule has 1 aromatic carbocycles. The minimum absolute atomic E-state index is 0.112. The Kier molecular flexibility index (Phi) is 7.10. The highest BCUT2D eigenvalue weighted by molar-refractivity contribution is 6.04. The van der Waals surface area contributed by atoms with Gasteiger partial charge in [-0.1, -0.05) is 13.8 Å². The fourth-order valence-electron chi connectivity index (χ4n) is 2.38. The Labute approximate surface area is 148 Å². The first-order valence-electron chi connectivity index (χ1n) is 8.46. The van der Waals surface area contributed by atoms with Crippen LogP contribution in [0.25, 0.3) is 0 Å². The van der Waals surface area contributed by atoms with E-state index in [0.29, 0.717) is 23.4 Å². The first kappa shape index (κ1) is 18.6. The molecule has 0 saturated carbocycles. The van der Waals surface area contributed by atoms with Crippen LogP contribution >= 0.6 is 0 Å². The average molecular weight is 340 g/mol. The Hall–Kier alpha value is -2.73. The summed E-state index contributed by atoms with van der Waals surface area (Å²) < 4.78 is 0. The molecule has 0 atom stereocenters. The zero-order valence-corrected chi connectivity index (χ0v) is 14.7. The van der Waals surface area contributed by atoms with Crippen molar-refractivity contribution in [1.29, 1.82) is 0 Å². The molecule has 2 aromatic rings. The van der Waals surface area contributed by atoms with Crippen molar-refractivity contribution in [2.45, 2.75) is 13.8 Å². The van der Waals surface area contributed by atoms with Crippen molar-refractivity contribution in [2.24, 2.45) is 0 Å². The molecule has 6 heteroatoms. The summed E-state index contributed by atoms with van der Waals surface area (Å²) in [7, 11) is 0. The molecule has 0 fully saturated rings. The highest BCUT2D eigenvalue weighted by Gasteiger charge is 2.08. The van der Waals surface area contributed by atoms with Gasteiger partial charge in [0.1, 0.15) is 0 Å². The third kappa shape index (κ3) is 5.69. The number of benzene rings is 1. The van der Waals surface area contributed by atoms with Gasteiger partial charge >= 0.3 is 0 Å². The van der Waals surface area contributed by atoms with E-state index in [1.54, 1.807) is 48.8 Å². The van der Waals surface area contributed by atoms with E-state index in [0.717, 1.165) is 19.6 Å². The van der Waals surface area contributed by atoms with Crippen molar-refractivity contribution in [2.75, 3.05) is 31.5 Å². The van der Waals surface area contributed by atoms with E-state index in [1.807, 2.05) is 0 Å². The molecule has 1 heterocycles. The molecular formula is C19H24N4O2. The summed E-state index contributed by atoms with van der Waals surface area (Å²) in [5, 5.41) is 5.70. The van der Waals surface area contributed by atoms with Crippen LogP contribution in [-0.4, -0.2) is 47.9 Å². The van der Waals surface area contributed by atoms with E-state index >= 15 is 0 Å². The van der Waals surface area contributed by atoms with Gasteiger partial charge in [0.15, 0.2) is 0 Å². The summed E-state index contributed by atoms with van der Waals surface area (Å²) >= 11 is 0. The maximum absolute atomic E-state index is 12.1.